The summed E-state index contributed by atoms with van der Waals surface area (Å²) in [4.78, 5) is 17.5. The lowest BCUT2D eigenvalue weighted by atomic mass is 10.1. The molecule has 130 valence electrons. The minimum absolute atomic E-state index is 0.474. The first-order chi connectivity index (χ1) is 12.8. The molecular formula is C18H14ClN5OS. The van der Waals surface area contributed by atoms with Gasteiger partial charge in [-0.05, 0) is 24.1 Å². The lowest BCUT2D eigenvalue weighted by molar-refractivity contribution is 0.460. The van der Waals surface area contributed by atoms with Crippen LogP contribution in [-0.2, 0) is 6.42 Å². The van der Waals surface area contributed by atoms with Crippen LogP contribution in [0.2, 0.25) is 5.02 Å². The average Bonchev–Trinajstić information content (AvgIpc) is 3.06. The number of nitrogens with one attached hydrogen (secondary N) is 1. The number of anilines is 1. The Morgan fingerprint density at radius 3 is 2.77 bits per heavy atom. The molecule has 0 atom stereocenters. The Morgan fingerprint density at radius 2 is 1.96 bits per heavy atom. The van der Waals surface area contributed by atoms with Crippen molar-refractivity contribution in [3.05, 3.63) is 65.1 Å². The van der Waals surface area contributed by atoms with Gasteiger partial charge in [0, 0.05) is 24.3 Å². The van der Waals surface area contributed by atoms with Crippen LogP contribution < -0.4 is 10.1 Å². The highest BCUT2D eigenvalue weighted by Gasteiger charge is 2.09. The molecule has 0 radical (unpaired) electrons. The molecule has 3 aromatic heterocycles. The third-order valence-corrected chi connectivity index (χ3v) is 5.03. The number of rotatable bonds is 6. The molecular weight excluding hydrogens is 370 g/mol. The number of hydrogen-bond donors (Lipinski definition) is 1. The third-order valence-electron chi connectivity index (χ3n) is 3.72. The lowest BCUT2D eigenvalue weighted by Crippen LogP contribution is -2.06. The van der Waals surface area contributed by atoms with Crippen LogP contribution in [0, 0.1) is 0 Å². The van der Waals surface area contributed by atoms with Gasteiger partial charge in [-0.1, -0.05) is 23.7 Å². The maximum Gasteiger partial charge on any atom is 0.237 e. The Hall–Kier alpha value is -2.77. The summed E-state index contributed by atoms with van der Waals surface area (Å²) >= 11 is 7.74. The fourth-order valence-electron chi connectivity index (χ4n) is 2.48. The Kier molecular flexibility index (Phi) is 4.90. The number of benzene rings is 1. The van der Waals surface area contributed by atoms with Gasteiger partial charge in [-0.25, -0.2) is 15.0 Å². The Morgan fingerprint density at radius 1 is 1.08 bits per heavy atom. The molecule has 4 rings (SSSR count). The van der Waals surface area contributed by atoms with Gasteiger partial charge >= 0.3 is 0 Å². The first-order valence-electron chi connectivity index (χ1n) is 7.94. The van der Waals surface area contributed by atoms with Crippen molar-refractivity contribution in [1.82, 2.24) is 19.9 Å². The molecule has 0 bridgehead atoms. The highest BCUT2D eigenvalue weighted by atomic mass is 35.5. The van der Waals surface area contributed by atoms with Crippen LogP contribution in [0.1, 0.15) is 5.56 Å². The van der Waals surface area contributed by atoms with Crippen molar-refractivity contribution < 1.29 is 4.74 Å². The van der Waals surface area contributed by atoms with Crippen LogP contribution in [0.25, 0.3) is 10.2 Å². The Labute approximate surface area is 158 Å². The molecule has 0 aliphatic rings. The summed E-state index contributed by atoms with van der Waals surface area (Å²) in [6, 6.07) is 7.90. The highest BCUT2D eigenvalue weighted by Crippen LogP contribution is 2.32. The van der Waals surface area contributed by atoms with Crippen molar-refractivity contribution in [2.24, 2.45) is 0 Å². The van der Waals surface area contributed by atoms with Gasteiger partial charge in [0.2, 0.25) is 5.88 Å². The molecule has 1 N–H and O–H groups in total. The zero-order valence-corrected chi connectivity index (χ0v) is 15.2. The van der Waals surface area contributed by atoms with E-state index in [-0.39, 0.29) is 0 Å². The zero-order valence-electron chi connectivity index (χ0n) is 13.6. The van der Waals surface area contributed by atoms with Gasteiger partial charge in [0.25, 0.3) is 0 Å². The smallest absolute Gasteiger partial charge is 0.237 e. The van der Waals surface area contributed by atoms with Crippen molar-refractivity contribution in [2.45, 2.75) is 6.42 Å². The van der Waals surface area contributed by atoms with E-state index in [1.54, 1.807) is 24.9 Å². The van der Waals surface area contributed by atoms with Gasteiger partial charge in [-0.2, -0.15) is 0 Å². The second-order valence-corrected chi connectivity index (χ2v) is 6.72. The SMILES string of the molecule is Clc1csc2ncnc(NCCc3ccc(Oc4cnccn4)cc3)c12. The number of fused-ring (bicyclic) bond motifs is 1. The zero-order chi connectivity index (χ0) is 17.8. The van der Waals surface area contributed by atoms with Gasteiger partial charge in [0.15, 0.2) is 0 Å². The fourth-order valence-corrected chi connectivity index (χ4v) is 3.62. The number of halogens is 1. The molecule has 0 unspecified atom stereocenters. The predicted molar refractivity (Wildman–Crippen MR) is 103 cm³/mol. The largest absolute Gasteiger partial charge is 0.438 e. The van der Waals surface area contributed by atoms with E-state index in [4.69, 9.17) is 16.3 Å². The summed E-state index contributed by atoms with van der Waals surface area (Å²) in [7, 11) is 0. The van der Waals surface area contributed by atoms with E-state index in [0.29, 0.717) is 10.9 Å². The minimum Gasteiger partial charge on any atom is -0.438 e. The van der Waals surface area contributed by atoms with Crippen molar-refractivity contribution >= 4 is 39.0 Å². The summed E-state index contributed by atoms with van der Waals surface area (Å²) in [5.74, 6) is 1.97. The van der Waals surface area contributed by atoms with Crippen LogP contribution in [0.5, 0.6) is 11.6 Å². The topological polar surface area (TPSA) is 72.8 Å². The van der Waals surface area contributed by atoms with Crippen LogP contribution in [0.3, 0.4) is 0 Å². The van der Waals surface area contributed by atoms with Crippen molar-refractivity contribution in [1.29, 1.82) is 0 Å². The van der Waals surface area contributed by atoms with E-state index < -0.39 is 0 Å². The van der Waals surface area contributed by atoms with Gasteiger partial charge in [0.1, 0.15) is 22.7 Å². The van der Waals surface area contributed by atoms with Gasteiger partial charge in [-0.3, -0.25) is 4.98 Å². The summed E-state index contributed by atoms with van der Waals surface area (Å²) < 4.78 is 5.64. The van der Waals surface area contributed by atoms with E-state index in [0.717, 1.165) is 34.7 Å². The second-order valence-electron chi connectivity index (χ2n) is 5.45. The molecule has 0 spiro atoms. The molecule has 0 aliphatic carbocycles. The number of aromatic nitrogens is 4. The van der Waals surface area contributed by atoms with Gasteiger partial charge < -0.3 is 10.1 Å². The summed E-state index contributed by atoms with van der Waals surface area (Å²) in [5, 5.41) is 6.78. The predicted octanol–water partition coefficient (Wildman–Crippen LogP) is 4.58. The number of thiophene rings is 1. The van der Waals surface area contributed by atoms with Gasteiger partial charge in [-0.15, -0.1) is 11.3 Å². The molecule has 0 aliphatic heterocycles. The average molecular weight is 384 g/mol. The van der Waals surface area contributed by atoms with Crippen molar-refractivity contribution in [2.75, 3.05) is 11.9 Å². The quantitative estimate of drug-likeness (QED) is 0.525. The number of hydrogen-bond acceptors (Lipinski definition) is 7. The molecule has 0 saturated carbocycles. The van der Waals surface area contributed by atoms with Crippen molar-refractivity contribution in [3.8, 4) is 11.6 Å². The van der Waals surface area contributed by atoms with E-state index in [2.05, 4.69) is 25.3 Å². The molecule has 1 aromatic carbocycles. The molecule has 3 heterocycles. The van der Waals surface area contributed by atoms with E-state index >= 15 is 0 Å². The second kappa shape index (κ2) is 7.63. The Balaban J connectivity index is 1.37. The summed E-state index contributed by atoms with van der Waals surface area (Å²) in [5.41, 5.74) is 1.19. The lowest BCUT2D eigenvalue weighted by Gasteiger charge is -2.08. The maximum atomic E-state index is 6.22. The molecule has 0 fully saturated rings. The standard InChI is InChI=1S/C18H14ClN5OS/c19-14-10-26-18-16(14)17(23-11-24-18)22-6-5-12-1-3-13(4-2-12)25-15-9-20-7-8-21-15/h1-4,7-11H,5-6H2,(H,22,23,24). The summed E-state index contributed by atoms with van der Waals surface area (Å²) in [6.45, 7) is 0.739. The van der Waals surface area contributed by atoms with Crippen molar-refractivity contribution in [3.63, 3.8) is 0 Å². The van der Waals surface area contributed by atoms with Crippen LogP contribution in [0.4, 0.5) is 5.82 Å². The molecule has 0 saturated heterocycles. The minimum atomic E-state index is 0.474. The monoisotopic (exact) mass is 383 g/mol. The normalized spacial score (nSPS) is 10.8. The third kappa shape index (κ3) is 3.74. The molecule has 4 aromatic rings. The number of nitrogens with zero attached hydrogens (tertiary/aromatic N) is 4. The highest BCUT2D eigenvalue weighted by molar-refractivity contribution is 7.17. The van der Waals surface area contributed by atoms with E-state index in [1.165, 1.54) is 16.9 Å². The van der Waals surface area contributed by atoms with Crippen LogP contribution in [0.15, 0.2) is 54.6 Å². The van der Waals surface area contributed by atoms with Crippen LogP contribution in [-0.4, -0.2) is 26.5 Å². The number of ether oxygens (including phenoxy) is 1. The van der Waals surface area contributed by atoms with Gasteiger partial charge in [0.05, 0.1) is 16.6 Å². The first kappa shape index (κ1) is 16.7. The molecule has 6 nitrogen and oxygen atoms in total. The van der Waals surface area contributed by atoms with Crippen LogP contribution >= 0.6 is 22.9 Å². The summed E-state index contributed by atoms with van der Waals surface area (Å²) in [6.07, 6.45) is 7.18. The Bertz CT molecular complexity index is 1010. The molecule has 26 heavy (non-hydrogen) atoms. The molecule has 0 amide bonds. The molecule has 8 heteroatoms. The van der Waals surface area contributed by atoms with E-state index in [1.807, 2.05) is 29.6 Å². The maximum absolute atomic E-state index is 6.22. The first-order valence-corrected chi connectivity index (χ1v) is 9.20. The van der Waals surface area contributed by atoms with E-state index in [9.17, 15) is 0 Å². The fraction of sp³-hybridized carbons (Fsp3) is 0.111.